The third-order valence-electron chi connectivity index (χ3n) is 3.34. The molecule has 0 aliphatic carbocycles. The summed E-state index contributed by atoms with van der Waals surface area (Å²) in [6, 6.07) is 7.81. The standard InChI is InChI=1S/C15H21ClO2/c1-2-3-4-5-14-10-18-15(11-17-14)12-6-8-13(16)9-7-12/h6-9,14-15H,2-5,10-11H2,1H3/t14-,15-/m0/s1. The summed E-state index contributed by atoms with van der Waals surface area (Å²) in [5, 5.41) is 0.757. The van der Waals surface area contributed by atoms with Crippen molar-refractivity contribution in [3.8, 4) is 0 Å². The molecule has 0 aromatic heterocycles. The lowest BCUT2D eigenvalue weighted by Gasteiger charge is -2.29. The SMILES string of the molecule is CCCCC[C@H]1CO[C@H](c2ccc(Cl)cc2)CO1. The van der Waals surface area contributed by atoms with E-state index in [0.717, 1.165) is 17.0 Å². The van der Waals surface area contributed by atoms with Crippen molar-refractivity contribution in [2.75, 3.05) is 13.2 Å². The van der Waals surface area contributed by atoms with Crippen molar-refractivity contribution in [2.24, 2.45) is 0 Å². The van der Waals surface area contributed by atoms with Crippen molar-refractivity contribution in [3.63, 3.8) is 0 Å². The van der Waals surface area contributed by atoms with Crippen LogP contribution in [0.5, 0.6) is 0 Å². The molecule has 18 heavy (non-hydrogen) atoms. The normalized spacial score (nSPS) is 24.1. The number of hydrogen-bond donors (Lipinski definition) is 0. The molecule has 0 radical (unpaired) electrons. The summed E-state index contributed by atoms with van der Waals surface area (Å²) in [6.45, 7) is 3.57. The Bertz CT molecular complexity index is 342. The molecule has 0 saturated carbocycles. The second kappa shape index (κ2) is 7.13. The van der Waals surface area contributed by atoms with E-state index < -0.39 is 0 Å². The fraction of sp³-hybridized carbons (Fsp3) is 0.600. The maximum Gasteiger partial charge on any atom is 0.106 e. The fourth-order valence-corrected chi connectivity index (χ4v) is 2.33. The molecule has 1 aromatic rings. The van der Waals surface area contributed by atoms with Crippen LogP contribution in [0.1, 0.15) is 44.3 Å². The first kappa shape index (κ1) is 13.9. The molecular weight excluding hydrogens is 248 g/mol. The molecule has 0 unspecified atom stereocenters. The molecule has 1 fully saturated rings. The Morgan fingerprint density at radius 3 is 2.50 bits per heavy atom. The smallest absolute Gasteiger partial charge is 0.106 e. The summed E-state index contributed by atoms with van der Waals surface area (Å²) in [6.07, 6.45) is 5.21. The second-order valence-electron chi connectivity index (χ2n) is 4.82. The first-order valence-electron chi connectivity index (χ1n) is 6.78. The molecule has 0 N–H and O–H groups in total. The van der Waals surface area contributed by atoms with Gasteiger partial charge >= 0.3 is 0 Å². The minimum atomic E-state index is 0.0599. The first-order valence-corrected chi connectivity index (χ1v) is 7.16. The van der Waals surface area contributed by atoms with Gasteiger partial charge in [0.1, 0.15) is 6.10 Å². The molecule has 1 saturated heterocycles. The van der Waals surface area contributed by atoms with Gasteiger partial charge in [-0.15, -0.1) is 0 Å². The molecule has 0 amide bonds. The van der Waals surface area contributed by atoms with Gasteiger partial charge in [-0.1, -0.05) is 49.9 Å². The van der Waals surface area contributed by atoms with Crippen LogP contribution >= 0.6 is 11.6 Å². The summed E-state index contributed by atoms with van der Waals surface area (Å²) < 4.78 is 11.7. The molecule has 2 rings (SSSR count). The van der Waals surface area contributed by atoms with Gasteiger partial charge in [-0.3, -0.25) is 0 Å². The van der Waals surface area contributed by atoms with Crippen molar-refractivity contribution in [1.29, 1.82) is 0 Å². The average Bonchev–Trinajstić information content (AvgIpc) is 2.41. The summed E-state index contributed by atoms with van der Waals surface area (Å²) in [4.78, 5) is 0. The Hall–Kier alpha value is -0.570. The average molecular weight is 269 g/mol. The number of hydrogen-bond acceptors (Lipinski definition) is 2. The van der Waals surface area contributed by atoms with Gasteiger partial charge in [0.15, 0.2) is 0 Å². The van der Waals surface area contributed by atoms with E-state index >= 15 is 0 Å². The number of ether oxygens (including phenoxy) is 2. The van der Waals surface area contributed by atoms with Crippen LogP contribution < -0.4 is 0 Å². The monoisotopic (exact) mass is 268 g/mol. The van der Waals surface area contributed by atoms with Crippen LogP contribution in [0, 0.1) is 0 Å². The maximum atomic E-state index is 5.88. The van der Waals surface area contributed by atoms with Crippen LogP contribution in [0.4, 0.5) is 0 Å². The highest BCUT2D eigenvalue weighted by Crippen LogP contribution is 2.25. The van der Waals surface area contributed by atoms with Crippen molar-refractivity contribution < 1.29 is 9.47 Å². The largest absolute Gasteiger partial charge is 0.373 e. The van der Waals surface area contributed by atoms with Crippen LogP contribution in [0.25, 0.3) is 0 Å². The topological polar surface area (TPSA) is 18.5 Å². The van der Waals surface area contributed by atoms with Crippen LogP contribution in [0.2, 0.25) is 5.02 Å². The van der Waals surface area contributed by atoms with Gasteiger partial charge in [0.2, 0.25) is 0 Å². The lowest BCUT2D eigenvalue weighted by Crippen LogP contribution is -2.31. The predicted octanol–water partition coefficient (Wildman–Crippen LogP) is 4.38. The second-order valence-corrected chi connectivity index (χ2v) is 5.26. The van der Waals surface area contributed by atoms with E-state index in [0.29, 0.717) is 13.2 Å². The van der Waals surface area contributed by atoms with E-state index in [1.807, 2.05) is 24.3 Å². The van der Waals surface area contributed by atoms with Gasteiger partial charge in [0.05, 0.1) is 19.3 Å². The van der Waals surface area contributed by atoms with Gasteiger partial charge in [0, 0.05) is 5.02 Å². The Balaban J connectivity index is 1.77. The Morgan fingerprint density at radius 1 is 1.11 bits per heavy atom. The molecule has 2 nitrogen and oxygen atoms in total. The van der Waals surface area contributed by atoms with Gasteiger partial charge < -0.3 is 9.47 Å². The van der Waals surface area contributed by atoms with Crippen molar-refractivity contribution in [2.45, 2.75) is 44.8 Å². The predicted molar refractivity (Wildman–Crippen MR) is 74.0 cm³/mol. The quantitative estimate of drug-likeness (QED) is 0.738. The molecule has 1 heterocycles. The molecule has 1 aliphatic rings. The van der Waals surface area contributed by atoms with Crippen molar-refractivity contribution >= 4 is 11.6 Å². The van der Waals surface area contributed by atoms with E-state index in [-0.39, 0.29) is 12.2 Å². The van der Waals surface area contributed by atoms with Crippen molar-refractivity contribution in [1.82, 2.24) is 0 Å². The zero-order valence-electron chi connectivity index (χ0n) is 10.9. The van der Waals surface area contributed by atoms with Gasteiger partial charge in [-0.25, -0.2) is 0 Å². The van der Waals surface area contributed by atoms with Gasteiger partial charge in [0.25, 0.3) is 0 Å². The lowest BCUT2D eigenvalue weighted by atomic mass is 10.1. The number of benzene rings is 1. The molecule has 0 bridgehead atoms. The Labute approximate surface area is 114 Å². The summed E-state index contributed by atoms with van der Waals surface area (Å²) in [5.41, 5.74) is 1.14. The third kappa shape index (κ3) is 3.98. The molecule has 0 spiro atoms. The summed E-state index contributed by atoms with van der Waals surface area (Å²) >= 11 is 5.87. The molecule has 2 atom stereocenters. The third-order valence-corrected chi connectivity index (χ3v) is 3.59. The zero-order chi connectivity index (χ0) is 12.8. The molecular formula is C15H21ClO2. The highest BCUT2D eigenvalue weighted by Gasteiger charge is 2.22. The van der Waals surface area contributed by atoms with E-state index in [1.54, 1.807) is 0 Å². The van der Waals surface area contributed by atoms with E-state index in [2.05, 4.69) is 6.92 Å². The minimum Gasteiger partial charge on any atom is -0.373 e. The first-order chi connectivity index (χ1) is 8.79. The molecule has 1 aliphatic heterocycles. The van der Waals surface area contributed by atoms with Gasteiger partial charge in [-0.05, 0) is 24.1 Å². The molecule has 3 heteroatoms. The van der Waals surface area contributed by atoms with Crippen molar-refractivity contribution in [3.05, 3.63) is 34.9 Å². The number of rotatable bonds is 5. The highest BCUT2D eigenvalue weighted by atomic mass is 35.5. The number of unbranched alkanes of at least 4 members (excludes halogenated alkanes) is 2. The van der Waals surface area contributed by atoms with Gasteiger partial charge in [-0.2, -0.15) is 0 Å². The number of halogens is 1. The minimum absolute atomic E-state index is 0.0599. The maximum absolute atomic E-state index is 5.88. The zero-order valence-corrected chi connectivity index (χ0v) is 11.7. The highest BCUT2D eigenvalue weighted by molar-refractivity contribution is 6.30. The van der Waals surface area contributed by atoms with E-state index in [9.17, 15) is 0 Å². The fourth-order valence-electron chi connectivity index (χ4n) is 2.20. The Morgan fingerprint density at radius 2 is 1.89 bits per heavy atom. The van der Waals surface area contributed by atoms with Crippen LogP contribution in [0.3, 0.4) is 0 Å². The summed E-state index contributed by atoms with van der Waals surface area (Å²) in [5.74, 6) is 0. The van der Waals surface area contributed by atoms with E-state index in [1.165, 1.54) is 19.3 Å². The van der Waals surface area contributed by atoms with Crippen LogP contribution in [0.15, 0.2) is 24.3 Å². The molecule has 100 valence electrons. The van der Waals surface area contributed by atoms with E-state index in [4.69, 9.17) is 21.1 Å². The van der Waals surface area contributed by atoms with Crippen LogP contribution in [-0.2, 0) is 9.47 Å². The lowest BCUT2D eigenvalue weighted by molar-refractivity contribution is -0.137. The molecule has 1 aromatic carbocycles. The summed E-state index contributed by atoms with van der Waals surface area (Å²) in [7, 11) is 0. The Kier molecular flexibility index (Phi) is 5.48. The van der Waals surface area contributed by atoms with Crippen LogP contribution in [-0.4, -0.2) is 19.3 Å².